The monoisotopic (exact) mass is 313 g/mol. The van der Waals surface area contributed by atoms with Gasteiger partial charge in [0.05, 0.1) is 5.69 Å². The van der Waals surface area contributed by atoms with Gasteiger partial charge in [0.15, 0.2) is 0 Å². The minimum absolute atomic E-state index is 0.815. The summed E-state index contributed by atoms with van der Waals surface area (Å²) in [4.78, 5) is 8.08. The number of hydrogen-bond donors (Lipinski definition) is 2. The van der Waals surface area contributed by atoms with Gasteiger partial charge < -0.3 is 10.3 Å². The molecule has 0 unspecified atom stereocenters. The molecule has 1 aliphatic rings. The van der Waals surface area contributed by atoms with Gasteiger partial charge in [-0.1, -0.05) is 15.9 Å². The third-order valence-corrected chi connectivity index (χ3v) is 4.10. The SMILES string of the molecule is Cc1ccc2c(n1)NCc1c-2[nH]c2ccc(Br)cc12. The van der Waals surface area contributed by atoms with Crippen molar-refractivity contribution in [2.24, 2.45) is 0 Å². The second-order valence-corrected chi connectivity index (χ2v) is 5.79. The maximum absolute atomic E-state index is 4.56. The Morgan fingerprint density at radius 2 is 2.11 bits per heavy atom. The third kappa shape index (κ3) is 1.60. The zero-order valence-electron chi connectivity index (χ0n) is 10.4. The number of fused-ring (bicyclic) bond motifs is 5. The van der Waals surface area contributed by atoms with Crippen LogP contribution in [0.3, 0.4) is 0 Å². The van der Waals surface area contributed by atoms with Gasteiger partial charge in [0, 0.05) is 38.7 Å². The number of benzene rings is 1. The van der Waals surface area contributed by atoms with Gasteiger partial charge in [-0.3, -0.25) is 0 Å². The Labute approximate surface area is 119 Å². The highest BCUT2D eigenvalue weighted by atomic mass is 79.9. The van der Waals surface area contributed by atoms with Crippen LogP contribution in [0.2, 0.25) is 0 Å². The topological polar surface area (TPSA) is 40.7 Å². The Bertz CT molecular complexity index is 805. The van der Waals surface area contributed by atoms with E-state index >= 15 is 0 Å². The Balaban J connectivity index is 2.04. The maximum atomic E-state index is 4.56. The van der Waals surface area contributed by atoms with E-state index in [1.54, 1.807) is 0 Å². The Morgan fingerprint density at radius 3 is 3.00 bits per heavy atom. The van der Waals surface area contributed by atoms with Crippen molar-refractivity contribution in [2.75, 3.05) is 5.32 Å². The molecule has 0 atom stereocenters. The summed E-state index contributed by atoms with van der Waals surface area (Å²) < 4.78 is 1.11. The second-order valence-electron chi connectivity index (χ2n) is 4.87. The first kappa shape index (κ1) is 11.1. The number of aromatic amines is 1. The van der Waals surface area contributed by atoms with Crippen LogP contribution < -0.4 is 5.32 Å². The molecule has 4 heteroatoms. The molecule has 0 amide bonds. The van der Waals surface area contributed by atoms with Crippen molar-refractivity contribution in [1.82, 2.24) is 9.97 Å². The molecule has 0 spiro atoms. The van der Waals surface area contributed by atoms with Crippen LogP contribution in [0, 0.1) is 6.92 Å². The minimum atomic E-state index is 0.815. The quantitative estimate of drug-likeness (QED) is 0.652. The standard InChI is InChI=1S/C15H12BrN3/c1-8-2-4-10-14-12(7-17-15(10)18-8)11-6-9(16)3-5-13(11)19-14/h2-6,19H,7H2,1H3,(H,17,18). The molecule has 3 aromatic rings. The second kappa shape index (κ2) is 3.84. The van der Waals surface area contributed by atoms with Gasteiger partial charge in [0.1, 0.15) is 5.82 Å². The lowest BCUT2D eigenvalue weighted by Gasteiger charge is -2.18. The minimum Gasteiger partial charge on any atom is -0.365 e. The van der Waals surface area contributed by atoms with E-state index in [0.29, 0.717) is 0 Å². The molecule has 0 saturated heterocycles. The van der Waals surface area contributed by atoms with Crippen molar-refractivity contribution in [2.45, 2.75) is 13.5 Å². The van der Waals surface area contributed by atoms with Crippen molar-refractivity contribution in [1.29, 1.82) is 0 Å². The Morgan fingerprint density at radius 1 is 1.21 bits per heavy atom. The van der Waals surface area contributed by atoms with Crippen LogP contribution in [0.25, 0.3) is 22.2 Å². The van der Waals surface area contributed by atoms with Crippen LogP contribution in [0.1, 0.15) is 11.3 Å². The number of aromatic nitrogens is 2. The van der Waals surface area contributed by atoms with E-state index in [0.717, 1.165) is 28.1 Å². The largest absolute Gasteiger partial charge is 0.365 e. The van der Waals surface area contributed by atoms with Crippen molar-refractivity contribution in [3.8, 4) is 11.3 Å². The van der Waals surface area contributed by atoms with Crippen molar-refractivity contribution >= 4 is 32.7 Å². The van der Waals surface area contributed by atoms with Crippen LogP contribution in [0.5, 0.6) is 0 Å². The summed E-state index contributed by atoms with van der Waals surface area (Å²) in [5.41, 5.74) is 5.86. The molecule has 0 aliphatic carbocycles. The number of hydrogen-bond acceptors (Lipinski definition) is 2. The lowest BCUT2D eigenvalue weighted by molar-refractivity contribution is 1.07. The van der Waals surface area contributed by atoms with Crippen LogP contribution in [-0.2, 0) is 6.54 Å². The molecule has 0 bridgehead atoms. The molecule has 1 aliphatic heterocycles. The van der Waals surface area contributed by atoms with Gasteiger partial charge in [-0.15, -0.1) is 0 Å². The molecule has 94 valence electrons. The molecule has 1 aromatic carbocycles. The van der Waals surface area contributed by atoms with Gasteiger partial charge in [-0.2, -0.15) is 0 Å². The summed E-state index contributed by atoms with van der Waals surface area (Å²) in [6, 6.07) is 10.5. The Kier molecular flexibility index (Phi) is 2.23. The van der Waals surface area contributed by atoms with E-state index in [2.05, 4.69) is 61.5 Å². The van der Waals surface area contributed by atoms with Gasteiger partial charge in [-0.25, -0.2) is 4.98 Å². The fourth-order valence-corrected chi connectivity index (χ4v) is 3.06. The predicted octanol–water partition coefficient (Wildman–Crippen LogP) is 4.23. The number of rotatable bonds is 0. The number of H-pyrrole nitrogens is 1. The summed E-state index contributed by atoms with van der Waals surface area (Å²) in [6.45, 7) is 2.83. The van der Waals surface area contributed by atoms with E-state index in [4.69, 9.17) is 0 Å². The molecular formula is C15H12BrN3. The average Bonchev–Trinajstić information content (AvgIpc) is 2.76. The molecule has 2 aromatic heterocycles. The van der Waals surface area contributed by atoms with Crippen LogP contribution in [-0.4, -0.2) is 9.97 Å². The first-order chi connectivity index (χ1) is 9.22. The van der Waals surface area contributed by atoms with Crippen LogP contribution in [0.15, 0.2) is 34.8 Å². The molecular weight excluding hydrogens is 302 g/mol. The van der Waals surface area contributed by atoms with E-state index in [-0.39, 0.29) is 0 Å². The average molecular weight is 314 g/mol. The highest BCUT2D eigenvalue weighted by molar-refractivity contribution is 9.10. The fourth-order valence-electron chi connectivity index (χ4n) is 2.70. The third-order valence-electron chi connectivity index (χ3n) is 3.60. The number of nitrogens with one attached hydrogen (secondary N) is 2. The summed E-state index contributed by atoms with van der Waals surface area (Å²) in [5, 5.41) is 4.68. The summed E-state index contributed by atoms with van der Waals surface area (Å²) >= 11 is 3.54. The van der Waals surface area contributed by atoms with E-state index in [1.807, 2.05) is 6.92 Å². The summed E-state index contributed by atoms with van der Waals surface area (Å²) in [6.07, 6.45) is 0. The van der Waals surface area contributed by atoms with Crippen molar-refractivity contribution in [3.63, 3.8) is 0 Å². The molecule has 0 radical (unpaired) electrons. The van der Waals surface area contributed by atoms with Crippen LogP contribution >= 0.6 is 15.9 Å². The lowest BCUT2D eigenvalue weighted by Crippen LogP contribution is -2.09. The normalized spacial score (nSPS) is 12.9. The molecule has 4 rings (SSSR count). The van der Waals surface area contributed by atoms with Gasteiger partial charge >= 0.3 is 0 Å². The molecule has 19 heavy (non-hydrogen) atoms. The number of halogens is 1. The van der Waals surface area contributed by atoms with Crippen molar-refractivity contribution < 1.29 is 0 Å². The first-order valence-electron chi connectivity index (χ1n) is 6.24. The predicted molar refractivity (Wildman–Crippen MR) is 81.3 cm³/mol. The number of nitrogens with zero attached hydrogens (tertiary/aromatic N) is 1. The van der Waals surface area contributed by atoms with E-state index < -0.39 is 0 Å². The summed E-state index contributed by atoms with van der Waals surface area (Å²) in [5.74, 6) is 0.970. The molecule has 3 heterocycles. The zero-order chi connectivity index (χ0) is 13.0. The van der Waals surface area contributed by atoms with Crippen LogP contribution in [0.4, 0.5) is 5.82 Å². The molecule has 0 saturated carbocycles. The number of pyridine rings is 1. The van der Waals surface area contributed by atoms with E-state index in [9.17, 15) is 0 Å². The first-order valence-corrected chi connectivity index (χ1v) is 7.04. The number of anilines is 1. The van der Waals surface area contributed by atoms with Crippen molar-refractivity contribution in [3.05, 3.63) is 46.1 Å². The Hall–Kier alpha value is -1.81. The molecule has 3 nitrogen and oxygen atoms in total. The highest BCUT2D eigenvalue weighted by Gasteiger charge is 2.21. The van der Waals surface area contributed by atoms with Gasteiger partial charge in [-0.05, 0) is 37.3 Å². The van der Waals surface area contributed by atoms with Gasteiger partial charge in [0.2, 0.25) is 0 Å². The fraction of sp³-hybridized carbons (Fsp3) is 0.133. The number of aryl methyl sites for hydroxylation is 1. The summed E-state index contributed by atoms with van der Waals surface area (Å²) in [7, 11) is 0. The maximum Gasteiger partial charge on any atom is 0.135 e. The lowest BCUT2D eigenvalue weighted by atomic mass is 10.0. The smallest absolute Gasteiger partial charge is 0.135 e. The van der Waals surface area contributed by atoms with Gasteiger partial charge in [0.25, 0.3) is 0 Å². The van der Waals surface area contributed by atoms with E-state index in [1.165, 1.54) is 22.2 Å². The molecule has 0 fully saturated rings. The zero-order valence-corrected chi connectivity index (χ0v) is 12.0. The molecule has 2 N–H and O–H groups in total. The highest BCUT2D eigenvalue weighted by Crippen LogP contribution is 2.38.